The van der Waals surface area contributed by atoms with Crippen molar-refractivity contribution in [3.63, 3.8) is 0 Å². The van der Waals surface area contributed by atoms with Crippen molar-refractivity contribution in [3.05, 3.63) is 70.9 Å². The van der Waals surface area contributed by atoms with Crippen LogP contribution in [-0.4, -0.2) is 46.0 Å². The van der Waals surface area contributed by atoms with Gasteiger partial charge in [-0.3, -0.25) is 4.79 Å². The molecule has 11 heteroatoms. The molecule has 3 aromatic rings. The van der Waals surface area contributed by atoms with Gasteiger partial charge in [-0.25, -0.2) is 14.1 Å². The van der Waals surface area contributed by atoms with Gasteiger partial charge in [0, 0.05) is 25.8 Å². The van der Waals surface area contributed by atoms with Gasteiger partial charge in [0.1, 0.15) is 5.82 Å². The maximum absolute atomic E-state index is 14.8. The molecule has 1 saturated heterocycles. The highest BCUT2D eigenvalue weighted by molar-refractivity contribution is 5.95. The lowest BCUT2D eigenvalue weighted by molar-refractivity contribution is -0.137. The second-order valence-electron chi connectivity index (χ2n) is 8.59. The number of benzene rings is 1. The molecule has 2 aromatic heterocycles. The van der Waals surface area contributed by atoms with Gasteiger partial charge in [0.15, 0.2) is 5.82 Å². The molecule has 0 aliphatic carbocycles. The van der Waals surface area contributed by atoms with E-state index >= 15 is 0 Å². The van der Waals surface area contributed by atoms with Gasteiger partial charge in [0.05, 0.1) is 40.9 Å². The molecule has 2 atom stereocenters. The third kappa shape index (κ3) is 5.45. The highest BCUT2D eigenvalue weighted by atomic mass is 19.4. The zero-order chi connectivity index (χ0) is 25.3. The number of halogens is 4. The molecule has 4 rings (SSSR count). The summed E-state index contributed by atoms with van der Waals surface area (Å²) in [5.41, 5.74) is 0.846. The SMILES string of the molecule is Cc1c(C(=O)NCc2ccc(N3CC(C)OC(C)C3)c(F)c2)cnn1-c1ccc(C(F)(F)F)cn1. The van der Waals surface area contributed by atoms with E-state index in [0.29, 0.717) is 36.2 Å². The van der Waals surface area contributed by atoms with E-state index in [-0.39, 0.29) is 36.0 Å². The molecule has 0 bridgehead atoms. The van der Waals surface area contributed by atoms with Crippen LogP contribution in [0.5, 0.6) is 0 Å². The molecule has 1 fully saturated rings. The molecule has 7 nitrogen and oxygen atoms in total. The van der Waals surface area contributed by atoms with Gasteiger partial charge in [-0.05, 0) is 50.6 Å². The van der Waals surface area contributed by atoms with Crippen LogP contribution in [0.1, 0.15) is 41.0 Å². The van der Waals surface area contributed by atoms with Crippen LogP contribution in [0.2, 0.25) is 0 Å². The highest BCUT2D eigenvalue weighted by Crippen LogP contribution is 2.29. The van der Waals surface area contributed by atoms with Crippen LogP contribution in [0, 0.1) is 12.7 Å². The number of pyridine rings is 1. The van der Waals surface area contributed by atoms with Gasteiger partial charge in [-0.15, -0.1) is 0 Å². The fourth-order valence-corrected chi connectivity index (χ4v) is 4.11. The summed E-state index contributed by atoms with van der Waals surface area (Å²) in [4.78, 5) is 18.4. The van der Waals surface area contributed by atoms with Crippen molar-refractivity contribution in [1.29, 1.82) is 0 Å². The summed E-state index contributed by atoms with van der Waals surface area (Å²) in [6, 6.07) is 6.93. The Morgan fingerprint density at radius 1 is 1.14 bits per heavy atom. The summed E-state index contributed by atoms with van der Waals surface area (Å²) in [5.74, 6) is -0.671. The number of carbonyl (C=O) groups excluding carboxylic acids is 1. The Kier molecular flexibility index (Phi) is 6.79. The molecule has 1 N–H and O–H groups in total. The zero-order valence-electron chi connectivity index (χ0n) is 19.4. The fraction of sp³-hybridized carbons (Fsp3) is 0.375. The molecule has 1 aromatic carbocycles. The third-order valence-corrected chi connectivity index (χ3v) is 5.77. The lowest BCUT2D eigenvalue weighted by atomic mass is 10.1. The van der Waals surface area contributed by atoms with Crippen molar-refractivity contribution in [2.45, 2.75) is 45.7 Å². The Morgan fingerprint density at radius 3 is 2.46 bits per heavy atom. The topological polar surface area (TPSA) is 72.3 Å². The van der Waals surface area contributed by atoms with E-state index in [9.17, 15) is 22.4 Å². The Morgan fingerprint density at radius 2 is 1.86 bits per heavy atom. The first-order valence-electron chi connectivity index (χ1n) is 11.1. The van der Waals surface area contributed by atoms with Crippen molar-refractivity contribution in [2.24, 2.45) is 0 Å². The number of amides is 1. The Balaban J connectivity index is 1.42. The molecule has 1 aliphatic heterocycles. The summed E-state index contributed by atoms with van der Waals surface area (Å²) in [7, 11) is 0. The smallest absolute Gasteiger partial charge is 0.372 e. The van der Waals surface area contributed by atoms with Crippen LogP contribution >= 0.6 is 0 Å². The average Bonchev–Trinajstić information content (AvgIpc) is 3.17. The third-order valence-electron chi connectivity index (χ3n) is 5.77. The van der Waals surface area contributed by atoms with Crippen molar-refractivity contribution >= 4 is 11.6 Å². The first kappa shape index (κ1) is 24.6. The Hall–Kier alpha value is -3.47. The molecular weight excluding hydrogens is 466 g/mol. The first-order chi connectivity index (χ1) is 16.5. The Bertz CT molecular complexity index is 1200. The average molecular weight is 491 g/mol. The molecule has 186 valence electrons. The van der Waals surface area contributed by atoms with Gasteiger partial charge in [-0.2, -0.15) is 18.3 Å². The molecule has 2 unspecified atom stereocenters. The molecule has 1 amide bonds. The second kappa shape index (κ2) is 9.65. The normalized spacial score (nSPS) is 18.5. The van der Waals surface area contributed by atoms with E-state index in [1.807, 2.05) is 18.7 Å². The number of anilines is 1. The largest absolute Gasteiger partial charge is 0.417 e. The van der Waals surface area contributed by atoms with E-state index in [1.54, 1.807) is 19.1 Å². The number of hydrogen-bond acceptors (Lipinski definition) is 5. The van der Waals surface area contributed by atoms with Crippen LogP contribution < -0.4 is 10.2 Å². The van der Waals surface area contributed by atoms with E-state index in [0.717, 1.165) is 6.07 Å². The number of hydrogen-bond donors (Lipinski definition) is 1. The number of aromatic nitrogens is 3. The minimum absolute atomic E-state index is 0.000883. The van der Waals surface area contributed by atoms with Crippen molar-refractivity contribution < 1.29 is 27.1 Å². The number of morpholine rings is 1. The van der Waals surface area contributed by atoms with Gasteiger partial charge in [-0.1, -0.05) is 6.07 Å². The van der Waals surface area contributed by atoms with Crippen molar-refractivity contribution in [3.8, 4) is 5.82 Å². The van der Waals surface area contributed by atoms with E-state index in [2.05, 4.69) is 15.4 Å². The molecule has 0 spiro atoms. The van der Waals surface area contributed by atoms with Crippen LogP contribution in [0.25, 0.3) is 5.82 Å². The summed E-state index contributed by atoms with van der Waals surface area (Å²) in [5, 5.41) is 6.81. The van der Waals surface area contributed by atoms with Crippen LogP contribution in [-0.2, 0) is 17.5 Å². The zero-order valence-corrected chi connectivity index (χ0v) is 19.4. The van der Waals surface area contributed by atoms with E-state index in [4.69, 9.17) is 4.74 Å². The highest BCUT2D eigenvalue weighted by Gasteiger charge is 2.31. The molecule has 35 heavy (non-hydrogen) atoms. The maximum atomic E-state index is 14.8. The van der Waals surface area contributed by atoms with Crippen LogP contribution in [0.4, 0.5) is 23.2 Å². The maximum Gasteiger partial charge on any atom is 0.417 e. The number of nitrogens with zero attached hydrogens (tertiary/aromatic N) is 4. The number of rotatable bonds is 5. The van der Waals surface area contributed by atoms with Gasteiger partial charge < -0.3 is 15.0 Å². The quantitative estimate of drug-likeness (QED) is 0.540. The van der Waals surface area contributed by atoms with E-state index in [1.165, 1.54) is 23.0 Å². The summed E-state index contributed by atoms with van der Waals surface area (Å²) < 4.78 is 60.1. The van der Waals surface area contributed by atoms with E-state index < -0.39 is 17.6 Å². The minimum Gasteiger partial charge on any atom is -0.372 e. The molecular formula is C24H25F4N5O2. The molecule has 1 aliphatic rings. The standard InChI is InChI=1S/C24H25F4N5O2/c1-14-12-32(13-15(2)35-14)21-6-4-17(8-20(21)25)9-30-23(34)19-11-31-33(16(19)3)22-7-5-18(10-29-22)24(26,27)28/h4-8,10-11,14-15H,9,12-13H2,1-3H3,(H,30,34). The molecule has 0 saturated carbocycles. The van der Waals surface area contributed by atoms with Crippen LogP contribution in [0.3, 0.4) is 0 Å². The van der Waals surface area contributed by atoms with Gasteiger partial charge in [0.25, 0.3) is 5.91 Å². The summed E-state index contributed by atoms with van der Waals surface area (Å²) in [6.07, 6.45) is -2.47. The second-order valence-corrected chi connectivity index (χ2v) is 8.59. The van der Waals surface area contributed by atoms with Gasteiger partial charge >= 0.3 is 6.18 Å². The van der Waals surface area contributed by atoms with Crippen molar-refractivity contribution in [1.82, 2.24) is 20.1 Å². The predicted molar refractivity (Wildman–Crippen MR) is 121 cm³/mol. The lowest BCUT2D eigenvalue weighted by Crippen LogP contribution is -2.45. The number of carbonyl (C=O) groups is 1. The monoisotopic (exact) mass is 491 g/mol. The fourth-order valence-electron chi connectivity index (χ4n) is 4.11. The minimum atomic E-state index is -4.49. The number of ether oxygens (including phenoxy) is 1. The summed E-state index contributed by atoms with van der Waals surface area (Å²) in [6.45, 7) is 6.78. The molecule has 3 heterocycles. The number of alkyl halides is 3. The summed E-state index contributed by atoms with van der Waals surface area (Å²) >= 11 is 0. The first-order valence-corrected chi connectivity index (χ1v) is 11.1. The van der Waals surface area contributed by atoms with Crippen LogP contribution in [0.15, 0.2) is 42.7 Å². The molecule has 0 radical (unpaired) electrons. The van der Waals surface area contributed by atoms with Gasteiger partial charge in [0.2, 0.25) is 0 Å². The number of nitrogens with one attached hydrogen (secondary N) is 1. The predicted octanol–water partition coefficient (Wildman–Crippen LogP) is 4.28. The van der Waals surface area contributed by atoms with Crippen molar-refractivity contribution in [2.75, 3.05) is 18.0 Å². The lowest BCUT2D eigenvalue weighted by Gasteiger charge is -2.37. The Labute approximate surface area is 199 Å².